The second kappa shape index (κ2) is 8.12. The molecule has 1 unspecified atom stereocenters. The predicted molar refractivity (Wildman–Crippen MR) is 90.4 cm³/mol. The third kappa shape index (κ3) is 4.80. The van der Waals surface area contributed by atoms with Gasteiger partial charge in [-0.3, -0.25) is 14.4 Å². The molecule has 126 valence electrons. The molecule has 23 heavy (non-hydrogen) atoms. The van der Waals surface area contributed by atoms with Crippen molar-refractivity contribution in [3.8, 4) is 0 Å². The summed E-state index contributed by atoms with van der Waals surface area (Å²) in [6.07, 6.45) is 7.03. The first-order valence-electron chi connectivity index (χ1n) is 7.62. The molecule has 3 N–H and O–H groups in total. The van der Waals surface area contributed by atoms with E-state index in [9.17, 15) is 4.79 Å². The summed E-state index contributed by atoms with van der Waals surface area (Å²) in [7, 11) is 3.43. The first-order chi connectivity index (χ1) is 11.0. The van der Waals surface area contributed by atoms with Gasteiger partial charge in [0.2, 0.25) is 0 Å². The molecule has 0 aliphatic carbocycles. The molecule has 2 rings (SSSR count). The number of hydrogen-bond acceptors (Lipinski definition) is 5. The van der Waals surface area contributed by atoms with Crippen LogP contribution in [-0.2, 0) is 18.4 Å². The topological polar surface area (TPSA) is 86.0 Å². The summed E-state index contributed by atoms with van der Waals surface area (Å²) in [6.45, 7) is 2.71. The molecule has 8 heteroatoms. The van der Waals surface area contributed by atoms with E-state index >= 15 is 0 Å². The van der Waals surface area contributed by atoms with Crippen LogP contribution in [0.2, 0.25) is 0 Å². The van der Waals surface area contributed by atoms with Gasteiger partial charge in [0.05, 0.1) is 11.9 Å². The maximum atomic E-state index is 11.6. The number of carbonyl (C=O) groups is 1. The summed E-state index contributed by atoms with van der Waals surface area (Å²) in [4.78, 5) is 13.9. The zero-order valence-electron chi connectivity index (χ0n) is 13.5. The summed E-state index contributed by atoms with van der Waals surface area (Å²) in [5, 5.41) is 17.4. The predicted octanol–water partition coefficient (Wildman–Crippen LogP) is 0.820. The molecule has 1 aromatic rings. The minimum atomic E-state index is -0.388. The van der Waals surface area contributed by atoms with Gasteiger partial charge in [-0.2, -0.15) is 5.10 Å². The van der Waals surface area contributed by atoms with Crippen LogP contribution in [0.25, 0.3) is 0 Å². The zero-order valence-corrected chi connectivity index (χ0v) is 14.2. The smallest absolute Gasteiger partial charge is 0.264 e. The Morgan fingerprint density at radius 1 is 1.61 bits per heavy atom. The van der Waals surface area contributed by atoms with E-state index in [0.717, 1.165) is 38.7 Å². The zero-order chi connectivity index (χ0) is 16.8. The van der Waals surface area contributed by atoms with Gasteiger partial charge in [0.1, 0.15) is 5.03 Å². The largest absolute Gasteiger partial charge is 0.378 e. The van der Waals surface area contributed by atoms with Crippen molar-refractivity contribution < 1.29 is 4.79 Å². The van der Waals surface area contributed by atoms with Crippen LogP contribution >= 0.6 is 11.6 Å². The Bertz CT molecular complexity index is 597. The normalized spacial score (nSPS) is 19.9. The van der Waals surface area contributed by atoms with Crippen LogP contribution in [0.15, 0.2) is 23.1 Å². The fraction of sp³-hybridized carbons (Fsp3) is 0.533. The van der Waals surface area contributed by atoms with Gasteiger partial charge in [0.15, 0.2) is 0 Å². The van der Waals surface area contributed by atoms with Crippen LogP contribution < -0.4 is 10.6 Å². The Hall–Kier alpha value is -1.86. The van der Waals surface area contributed by atoms with E-state index in [2.05, 4.69) is 20.6 Å². The second-order valence-electron chi connectivity index (χ2n) is 5.69. The standard InChI is InChI=1S/C15H23ClN6O/c1-18-15(23)14(16)13(6-17)20-12-4-3-5-22(10-12)9-11-7-19-21(2)8-11/h6-8,12,17,20H,3-5,9-10H2,1-2H3,(H,18,23)/b14-13-,17-6?. The molecule has 1 fully saturated rings. The van der Waals surface area contributed by atoms with E-state index in [-0.39, 0.29) is 17.0 Å². The monoisotopic (exact) mass is 338 g/mol. The Morgan fingerprint density at radius 2 is 2.39 bits per heavy atom. The van der Waals surface area contributed by atoms with Crippen molar-refractivity contribution in [1.29, 1.82) is 5.41 Å². The van der Waals surface area contributed by atoms with Crippen molar-refractivity contribution in [3.05, 3.63) is 28.7 Å². The van der Waals surface area contributed by atoms with Gasteiger partial charge in [-0.05, 0) is 19.4 Å². The highest BCUT2D eigenvalue weighted by atomic mass is 35.5. The molecule has 2 heterocycles. The van der Waals surface area contributed by atoms with E-state index in [0.29, 0.717) is 5.70 Å². The Balaban J connectivity index is 1.97. The average Bonchev–Trinajstić information content (AvgIpc) is 2.96. The molecule has 1 aromatic heterocycles. The molecule has 0 radical (unpaired) electrons. The first-order valence-corrected chi connectivity index (χ1v) is 8.00. The maximum Gasteiger partial charge on any atom is 0.264 e. The second-order valence-corrected chi connectivity index (χ2v) is 6.07. The number of nitrogens with one attached hydrogen (secondary N) is 3. The molecule has 7 nitrogen and oxygen atoms in total. The van der Waals surface area contributed by atoms with Gasteiger partial charge in [0.25, 0.3) is 5.91 Å². The molecular formula is C15H23ClN6O. The van der Waals surface area contributed by atoms with Gasteiger partial charge in [0, 0.05) is 51.2 Å². The summed E-state index contributed by atoms with van der Waals surface area (Å²) in [6, 6.07) is 0.162. The van der Waals surface area contributed by atoms with Gasteiger partial charge < -0.3 is 16.0 Å². The molecule has 1 saturated heterocycles. The lowest BCUT2D eigenvalue weighted by Gasteiger charge is -2.33. The van der Waals surface area contributed by atoms with E-state index in [4.69, 9.17) is 17.0 Å². The van der Waals surface area contributed by atoms with Crippen LogP contribution in [0.3, 0.4) is 0 Å². The van der Waals surface area contributed by atoms with E-state index in [1.807, 2.05) is 19.4 Å². The third-order valence-electron chi connectivity index (χ3n) is 3.84. The lowest BCUT2D eigenvalue weighted by atomic mass is 10.0. The van der Waals surface area contributed by atoms with E-state index < -0.39 is 0 Å². The summed E-state index contributed by atoms with van der Waals surface area (Å²) in [5.41, 5.74) is 1.54. The maximum absolute atomic E-state index is 11.6. The van der Waals surface area contributed by atoms with Crippen molar-refractivity contribution in [3.63, 3.8) is 0 Å². The summed E-state index contributed by atoms with van der Waals surface area (Å²) < 4.78 is 1.80. The molecule has 1 amide bonds. The van der Waals surface area contributed by atoms with Crippen LogP contribution in [0.5, 0.6) is 0 Å². The number of amides is 1. The fourth-order valence-electron chi connectivity index (χ4n) is 2.75. The number of likely N-dealkylation sites (N-methyl/N-ethyl adjacent to an activating group) is 1. The number of hydrogen-bond donors (Lipinski definition) is 3. The van der Waals surface area contributed by atoms with Gasteiger partial charge in [-0.15, -0.1) is 0 Å². The Labute approximate surface area is 141 Å². The first kappa shape index (κ1) is 17.5. The van der Waals surface area contributed by atoms with Gasteiger partial charge >= 0.3 is 0 Å². The molecule has 1 aliphatic heterocycles. The van der Waals surface area contributed by atoms with Crippen molar-refractivity contribution in [2.24, 2.45) is 7.05 Å². The molecule has 1 atom stereocenters. The highest BCUT2D eigenvalue weighted by molar-refractivity contribution is 6.43. The summed E-state index contributed by atoms with van der Waals surface area (Å²) in [5.74, 6) is -0.388. The molecule has 0 spiro atoms. The Kier molecular flexibility index (Phi) is 6.18. The SMILES string of the molecule is CNC(=O)/C(Cl)=C(\C=N)NC1CCCN(Cc2cnn(C)c2)C1. The molecule has 0 bridgehead atoms. The average molecular weight is 339 g/mol. The summed E-state index contributed by atoms with van der Waals surface area (Å²) >= 11 is 6.01. The highest BCUT2D eigenvalue weighted by Crippen LogP contribution is 2.15. The van der Waals surface area contributed by atoms with Crippen molar-refractivity contribution in [2.75, 3.05) is 20.1 Å². The lowest BCUT2D eigenvalue weighted by Crippen LogP contribution is -2.45. The molecule has 1 aliphatic rings. The number of carbonyl (C=O) groups excluding carboxylic acids is 1. The van der Waals surface area contributed by atoms with Crippen LogP contribution in [0.1, 0.15) is 18.4 Å². The van der Waals surface area contributed by atoms with Crippen molar-refractivity contribution in [1.82, 2.24) is 25.3 Å². The highest BCUT2D eigenvalue weighted by Gasteiger charge is 2.22. The van der Waals surface area contributed by atoms with Gasteiger partial charge in [-0.25, -0.2) is 0 Å². The molecule has 0 saturated carbocycles. The molecular weight excluding hydrogens is 316 g/mol. The number of rotatable bonds is 6. The van der Waals surface area contributed by atoms with Crippen molar-refractivity contribution >= 4 is 23.7 Å². The van der Waals surface area contributed by atoms with Crippen molar-refractivity contribution in [2.45, 2.75) is 25.4 Å². The number of nitrogens with zero attached hydrogens (tertiary/aromatic N) is 3. The van der Waals surface area contributed by atoms with Crippen LogP contribution in [-0.4, -0.2) is 53.0 Å². The van der Waals surface area contributed by atoms with Gasteiger partial charge in [-0.1, -0.05) is 11.6 Å². The van der Waals surface area contributed by atoms with E-state index in [1.165, 1.54) is 12.6 Å². The number of aromatic nitrogens is 2. The number of likely N-dealkylation sites (tertiary alicyclic amines) is 1. The van der Waals surface area contributed by atoms with Crippen LogP contribution in [0, 0.1) is 5.41 Å². The Morgan fingerprint density at radius 3 is 3.00 bits per heavy atom. The minimum absolute atomic E-state index is 0.0203. The number of piperidine rings is 1. The number of allylic oxidation sites excluding steroid dienone is 1. The molecule has 0 aromatic carbocycles. The number of aryl methyl sites for hydroxylation is 1. The third-order valence-corrected chi connectivity index (χ3v) is 4.21. The minimum Gasteiger partial charge on any atom is -0.378 e. The van der Waals surface area contributed by atoms with Crippen LogP contribution in [0.4, 0.5) is 0 Å². The fourth-order valence-corrected chi connectivity index (χ4v) is 2.95. The number of halogens is 1. The quantitative estimate of drug-likeness (QED) is 0.529. The van der Waals surface area contributed by atoms with E-state index in [1.54, 1.807) is 4.68 Å². The lowest BCUT2D eigenvalue weighted by molar-refractivity contribution is -0.116.